The van der Waals surface area contributed by atoms with Crippen molar-refractivity contribution in [1.29, 1.82) is 0 Å². The van der Waals surface area contributed by atoms with Crippen LogP contribution in [-0.2, 0) is 16.0 Å². The van der Waals surface area contributed by atoms with Crippen LogP contribution in [0.4, 0.5) is 0 Å². The van der Waals surface area contributed by atoms with Gasteiger partial charge in [0.05, 0.1) is 18.5 Å². The number of hydrogen-bond acceptors (Lipinski definition) is 4. The van der Waals surface area contributed by atoms with Crippen molar-refractivity contribution in [2.75, 3.05) is 19.8 Å². The molecule has 0 spiro atoms. The Balaban J connectivity index is 1.97. The van der Waals surface area contributed by atoms with E-state index in [4.69, 9.17) is 16.3 Å². The van der Waals surface area contributed by atoms with E-state index in [1.807, 2.05) is 6.92 Å². The maximum atomic E-state index is 13.2. The summed E-state index contributed by atoms with van der Waals surface area (Å²) in [5.74, 6) is -0.321. The number of halogens is 1. The summed E-state index contributed by atoms with van der Waals surface area (Å²) < 4.78 is 6.80. The summed E-state index contributed by atoms with van der Waals surface area (Å²) in [4.78, 5) is 25.6. The van der Waals surface area contributed by atoms with Crippen molar-refractivity contribution in [2.24, 2.45) is 0 Å². The minimum atomic E-state index is -0.224. The molecule has 2 N–H and O–H groups in total. The van der Waals surface area contributed by atoms with Crippen LogP contribution in [-0.4, -0.2) is 41.2 Å². The van der Waals surface area contributed by atoms with Crippen molar-refractivity contribution >= 4 is 34.3 Å². The quantitative estimate of drug-likeness (QED) is 0.578. The van der Waals surface area contributed by atoms with E-state index in [1.54, 1.807) is 47.9 Å². The number of fused-ring (bicyclic) bond motifs is 1. The summed E-state index contributed by atoms with van der Waals surface area (Å²) in [6.45, 7) is 5.14. The number of benzene rings is 2. The van der Waals surface area contributed by atoms with Gasteiger partial charge in [-0.15, -0.1) is 0 Å². The first-order valence-corrected chi connectivity index (χ1v) is 9.77. The molecule has 7 heteroatoms. The predicted molar refractivity (Wildman–Crippen MR) is 113 cm³/mol. The number of amides is 1. The highest BCUT2D eigenvalue weighted by atomic mass is 35.5. The van der Waals surface area contributed by atoms with Gasteiger partial charge in [0.2, 0.25) is 5.91 Å². The van der Waals surface area contributed by atoms with E-state index in [0.717, 1.165) is 0 Å². The maximum absolute atomic E-state index is 13.2. The monoisotopic (exact) mass is 414 g/mol. The zero-order chi connectivity index (χ0) is 21.0. The van der Waals surface area contributed by atoms with Gasteiger partial charge in [-0.2, -0.15) is 0 Å². The molecule has 3 rings (SSSR count). The van der Waals surface area contributed by atoms with Gasteiger partial charge in [0.25, 0.3) is 5.91 Å². The zero-order valence-electron chi connectivity index (χ0n) is 16.4. The van der Waals surface area contributed by atoms with E-state index < -0.39 is 0 Å². The highest BCUT2D eigenvalue weighted by Crippen LogP contribution is 2.30. The Labute approximate surface area is 174 Å². The molecule has 0 aliphatic heterocycles. The van der Waals surface area contributed by atoms with E-state index in [9.17, 15) is 14.7 Å². The molecule has 1 aromatic heterocycles. The number of nitrogens with one attached hydrogen (secondary N) is 1. The van der Waals surface area contributed by atoms with Crippen molar-refractivity contribution in [3.63, 3.8) is 0 Å². The Hall–Kier alpha value is -2.83. The van der Waals surface area contributed by atoms with Crippen LogP contribution < -0.4 is 5.32 Å². The minimum absolute atomic E-state index is 0.0756. The van der Waals surface area contributed by atoms with Gasteiger partial charge in [0.1, 0.15) is 5.75 Å². The molecule has 6 nitrogen and oxygen atoms in total. The summed E-state index contributed by atoms with van der Waals surface area (Å²) >= 11 is 5.93. The van der Waals surface area contributed by atoms with Crippen LogP contribution in [0.25, 0.3) is 10.9 Å². The Kier molecular flexibility index (Phi) is 6.56. The van der Waals surface area contributed by atoms with Crippen molar-refractivity contribution in [1.82, 2.24) is 9.88 Å². The molecule has 0 bridgehead atoms. The first-order valence-electron chi connectivity index (χ1n) is 9.40. The molecule has 0 aliphatic carbocycles. The molecule has 3 aromatic rings. The van der Waals surface area contributed by atoms with Crippen molar-refractivity contribution < 1.29 is 19.4 Å². The number of carbonyl (C=O) groups is 2. The topological polar surface area (TPSA) is 80.6 Å². The second kappa shape index (κ2) is 9.11. The largest absolute Gasteiger partial charge is 0.508 e. The van der Waals surface area contributed by atoms with Gasteiger partial charge in [-0.25, -0.2) is 0 Å². The lowest BCUT2D eigenvalue weighted by Gasteiger charge is -2.08. The third-order valence-corrected chi connectivity index (χ3v) is 4.97. The summed E-state index contributed by atoms with van der Waals surface area (Å²) in [5, 5.41) is 14.0. The van der Waals surface area contributed by atoms with E-state index in [-0.39, 0.29) is 24.0 Å². The molecule has 1 amide bonds. The maximum Gasteiger partial charge on any atom is 0.262 e. The first kappa shape index (κ1) is 20.9. The third-order valence-electron chi connectivity index (χ3n) is 4.72. The number of ether oxygens (including phenoxy) is 1. The Morgan fingerprint density at radius 3 is 2.59 bits per heavy atom. The molecule has 0 fully saturated rings. The third kappa shape index (κ3) is 4.60. The van der Waals surface area contributed by atoms with Gasteiger partial charge in [-0.05, 0) is 61.9 Å². The lowest BCUT2D eigenvalue weighted by molar-refractivity contribution is -0.120. The molecule has 0 radical (unpaired) electrons. The summed E-state index contributed by atoms with van der Waals surface area (Å²) in [6.07, 6.45) is 0.0960. The molecule has 0 saturated heterocycles. The number of carbonyl (C=O) groups excluding carboxylic acids is 2. The Bertz CT molecular complexity index is 1040. The van der Waals surface area contributed by atoms with Crippen molar-refractivity contribution in [3.05, 3.63) is 64.3 Å². The number of hydrogen-bond donors (Lipinski definition) is 2. The van der Waals surface area contributed by atoms with Gasteiger partial charge < -0.3 is 15.2 Å². The number of nitrogens with zero attached hydrogens (tertiary/aromatic N) is 1. The van der Waals surface area contributed by atoms with Gasteiger partial charge in [-0.1, -0.05) is 11.6 Å². The molecule has 0 aliphatic rings. The normalized spacial score (nSPS) is 11.0. The molecule has 0 saturated carbocycles. The van der Waals surface area contributed by atoms with Crippen molar-refractivity contribution in [2.45, 2.75) is 20.3 Å². The summed E-state index contributed by atoms with van der Waals surface area (Å²) in [7, 11) is 0. The smallest absolute Gasteiger partial charge is 0.262 e. The number of aromatic hydroxyl groups is 1. The van der Waals surface area contributed by atoms with E-state index in [2.05, 4.69) is 5.32 Å². The number of aromatic nitrogens is 1. The van der Waals surface area contributed by atoms with Gasteiger partial charge in [0, 0.05) is 34.8 Å². The highest BCUT2D eigenvalue weighted by Gasteiger charge is 2.21. The second-order valence-corrected chi connectivity index (χ2v) is 7.07. The van der Waals surface area contributed by atoms with E-state index >= 15 is 0 Å². The van der Waals surface area contributed by atoms with Gasteiger partial charge >= 0.3 is 0 Å². The fourth-order valence-corrected chi connectivity index (χ4v) is 3.43. The standard InChI is InChI=1S/C22H23ClN2O4/c1-3-29-11-10-24-21(27)13-18-14(2)25(20-9-8-17(26)12-19(18)20)22(28)15-4-6-16(23)7-5-15/h4-9,12,26H,3,10-11,13H2,1-2H3,(H,24,27). The fraction of sp³-hybridized carbons (Fsp3) is 0.273. The van der Waals surface area contributed by atoms with Crippen LogP contribution in [0.15, 0.2) is 42.5 Å². The number of rotatable bonds is 7. The minimum Gasteiger partial charge on any atom is -0.508 e. The van der Waals surface area contributed by atoms with E-state index in [0.29, 0.717) is 52.5 Å². The zero-order valence-corrected chi connectivity index (χ0v) is 17.1. The predicted octanol–water partition coefficient (Wildman–Crippen LogP) is 3.69. The fourth-order valence-electron chi connectivity index (χ4n) is 3.31. The molecule has 152 valence electrons. The van der Waals surface area contributed by atoms with Crippen LogP contribution >= 0.6 is 11.6 Å². The average Bonchev–Trinajstić information content (AvgIpc) is 2.96. The van der Waals surface area contributed by atoms with Gasteiger partial charge in [-0.3, -0.25) is 14.2 Å². The second-order valence-electron chi connectivity index (χ2n) is 6.64. The number of phenolic OH excluding ortho intramolecular Hbond substituents is 1. The molecular formula is C22H23ClN2O4. The lowest BCUT2D eigenvalue weighted by Crippen LogP contribution is -2.28. The first-order chi connectivity index (χ1) is 13.9. The molecular weight excluding hydrogens is 392 g/mol. The van der Waals surface area contributed by atoms with Crippen LogP contribution in [0.1, 0.15) is 28.5 Å². The van der Waals surface area contributed by atoms with Crippen molar-refractivity contribution in [3.8, 4) is 5.75 Å². The summed E-state index contributed by atoms with van der Waals surface area (Å²) in [6, 6.07) is 11.4. The lowest BCUT2D eigenvalue weighted by atomic mass is 10.1. The van der Waals surface area contributed by atoms with Crippen LogP contribution in [0.5, 0.6) is 5.75 Å². The van der Waals surface area contributed by atoms with Crippen LogP contribution in [0.2, 0.25) is 5.02 Å². The molecule has 1 heterocycles. The average molecular weight is 415 g/mol. The summed E-state index contributed by atoms with van der Waals surface area (Å²) in [5.41, 5.74) is 2.48. The number of phenols is 1. The molecule has 2 aromatic carbocycles. The Morgan fingerprint density at radius 2 is 1.90 bits per heavy atom. The molecule has 0 unspecified atom stereocenters. The highest BCUT2D eigenvalue weighted by molar-refractivity contribution is 6.30. The molecule has 0 atom stereocenters. The van der Waals surface area contributed by atoms with Gasteiger partial charge in [0.15, 0.2) is 0 Å². The van der Waals surface area contributed by atoms with Crippen LogP contribution in [0, 0.1) is 6.92 Å². The SMILES string of the molecule is CCOCCNC(=O)Cc1c(C)n(C(=O)c2ccc(Cl)cc2)c2ccc(O)cc12. The molecule has 29 heavy (non-hydrogen) atoms. The Morgan fingerprint density at radius 1 is 1.17 bits per heavy atom. The van der Waals surface area contributed by atoms with E-state index in [1.165, 1.54) is 6.07 Å². The van der Waals surface area contributed by atoms with Crippen LogP contribution in [0.3, 0.4) is 0 Å².